The predicted octanol–water partition coefficient (Wildman–Crippen LogP) is 4.26. The average molecular weight is 431 g/mol. The number of aromatic nitrogens is 2. The Hall–Kier alpha value is -2.48. The average Bonchev–Trinajstić information content (AvgIpc) is 3.22. The van der Waals surface area contributed by atoms with Gasteiger partial charge in [0.25, 0.3) is 5.91 Å². The van der Waals surface area contributed by atoms with Crippen LogP contribution in [0.1, 0.15) is 39.7 Å². The minimum Gasteiger partial charge on any atom is -0.487 e. The first-order valence-corrected chi connectivity index (χ1v) is 10.2. The normalized spacial score (nSPS) is 14.1. The number of carbonyl (C=O) groups is 1. The SMILES string of the molecule is Cl.O=C(Nc1ncc(C2CCNCC2)s1)c1ccc(OCc2ccccn2)cc1. The van der Waals surface area contributed by atoms with Gasteiger partial charge in [-0.1, -0.05) is 6.07 Å². The van der Waals surface area contributed by atoms with E-state index in [9.17, 15) is 4.79 Å². The Morgan fingerprint density at radius 3 is 2.66 bits per heavy atom. The summed E-state index contributed by atoms with van der Waals surface area (Å²) in [6, 6.07) is 12.8. The third kappa shape index (κ3) is 5.76. The Morgan fingerprint density at radius 2 is 1.93 bits per heavy atom. The van der Waals surface area contributed by atoms with E-state index in [2.05, 4.69) is 20.6 Å². The van der Waals surface area contributed by atoms with Crippen LogP contribution in [0.5, 0.6) is 5.75 Å². The number of thiazole rings is 1. The number of hydrogen-bond acceptors (Lipinski definition) is 6. The van der Waals surface area contributed by atoms with Crippen molar-refractivity contribution in [1.29, 1.82) is 0 Å². The molecule has 3 heterocycles. The van der Waals surface area contributed by atoms with Gasteiger partial charge in [-0.25, -0.2) is 4.98 Å². The van der Waals surface area contributed by atoms with Crippen LogP contribution >= 0.6 is 23.7 Å². The second kappa shape index (κ2) is 10.3. The molecule has 1 fully saturated rings. The summed E-state index contributed by atoms with van der Waals surface area (Å²) in [6.07, 6.45) is 5.87. The molecule has 0 radical (unpaired) electrons. The van der Waals surface area contributed by atoms with Crippen molar-refractivity contribution in [3.8, 4) is 5.75 Å². The van der Waals surface area contributed by atoms with E-state index in [1.807, 2.05) is 24.4 Å². The fourth-order valence-electron chi connectivity index (χ4n) is 3.15. The molecule has 3 aromatic rings. The number of ether oxygens (including phenoxy) is 1. The molecular formula is C21H23ClN4O2S. The lowest BCUT2D eigenvalue weighted by molar-refractivity contribution is 0.102. The highest BCUT2D eigenvalue weighted by molar-refractivity contribution is 7.15. The van der Waals surface area contributed by atoms with Crippen molar-refractivity contribution in [2.75, 3.05) is 18.4 Å². The predicted molar refractivity (Wildman–Crippen MR) is 117 cm³/mol. The van der Waals surface area contributed by atoms with Crippen LogP contribution in [0, 0.1) is 0 Å². The molecule has 152 valence electrons. The van der Waals surface area contributed by atoms with Crippen molar-refractivity contribution < 1.29 is 9.53 Å². The highest BCUT2D eigenvalue weighted by Gasteiger charge is 2.18. The van der Waals surface area contributed by atoms with E-state index in [4.69, 9.17) is 4.74 Å². The number of halogens is 1. The molecule has 6 nitrogen and oxygen atoms in total. The molecule has 2 aromatic heterocycles. The quantitative estimate of drug-likeness (QED) is 0.611. The topological polar surface area (TPSA) is 76.1 Å². The van der Waals surface area contributed by atoms with Gasteiger partial charge in [-0.15, -0.1) is 23.7 Å². The molecule has 0 unspecified atom stereocenters. The second-order valence-corrected chi connectivity index (χ2v) is 7.74. The summed E-state index contributed by atoms with van der Waals surface area (Å²) in [5.41, 5.74) is 1.43. The molecule has 1 saturated heterocycles. The summed E-state index contributed by atoms with van der Waals surface area (Å²) in [5, 5.41) is 6.91. The second-order valence-electron chi connectivity index (χ2n) is 6.68. The number of hydrogen-bond donors (Lipinski definition) is 2. The molecule has 1 aromatic carbocycles. The number of nitrogens with one attached hydrogen (secondary N) is 2. The van der Waals surface area contributed by atoms with E-state index < -0.39 is 0 Å². The molecule has 0 saturated carbocycles. The number of amides is 1. The summed E-state index contributed by atoms with van der Waals surface area (Å²) in [6.45, 7) is 2.48. The summed E-state index contributed by atoms with van der Waals surface area (Å²) < 4.78 is 5.71. The van der Waals surface area contributed by atoms with Crippen molar-refractivity contribution in [2.45, 2.75) is 25.4 Å². The zero-order valence-electron chi connectivity index (χ0n) is 15.8. The van der Waals surface area contributed by atoms with Gasteiger partial charge in [0.05, 0.1) is 5.69 Å². The standard InChI is InChI=1S/C21H22N4O2S.ClH/c26-20(25-21-24-13-19(28-21)15-8-11-22-12-9-15)16-4-6-18(7-5-16)27-14-17-3-1-2-10-23-17;/h1-7,10,13,15,22H,8-9,11-12,14H2,(H,24,25,26);1H. The van der Waals surface area contributed by atoms with Crippen molar-refractivity contribution in [1.82, 2.24) is 15.3 Å². The molecule has 0 spiro atoms. The van der Waals surface area contributed by atoms with Gasteiger partial charge in [0.2, 0.25) is 0 Å². The number of pyridine rings is 1. The lowest BCUT2D eigenvalue weighted by Crippen LogP contribution is -2.26. The first-order chi connectivity index (χ1) is 13.8. The monoisotopic (exact) mass is 430 g/mol. The molecule has 29 heavy (non-hydrogen) atoms. The lowest BCUT2D eigenvalue weighted by Gasteiger charge is -2.20. The van der Waals surface area contributed by atoms with E-state index >= 15 is 0 Å². The van der Waals surface area contributed by atoms with Crippen LogP contribution in [0.4, 0.5) is 5.13 Å². The molecular weight excluding hydrogens is 408 g/mol. The highest BCUT2D eigenvalue weighted by atomic mass is 35.5. The number of carbonyl (C=O) groups excluding carboxylic acids is 1. The van der Waals surface area contributed by atoms with Crippen molar-refractivity contribution in [2.24, 2.45) is 0 Å². The number of anilines is 1. The Labute approximate surface area is 180 Å². The number of rotatable bonds is 6. The Balaban J connectivity index is 0.00000240. The summed E-state index contributed by atoms with van der Waals surface area (Å²) in [5.74, 6) is 1.08. The number of nitrogens with zero attached hydrogens (tertiary/aromatic N) is 2. The van der Waals surface area contributed by atoms with Gasteiger partial charge in [0, 0.05) is 22.8 Å². The summed E-state index contributed by atoms with van der Waals surface area (Å²) in [4.78, 5) is 22.3. The smallest absolute Gasteiger partial charge is 0.257 e. The van der Waals surface area contributed by atoms with Crippen LogP contribution in [-0.2, 0) is 6.61 Å². The van der Waals surface area contributed by atoms with Crippen LogP contribution in [0.15, 0.2) is 54.9 Å². The summed E-state index contributed by atoms with van der Waals surface area (Å²) >= 11 is 1.57. The molecule has 2 N–H and O–H groups in total. The van der Waals surface area contributed by atoms with Crippen LogP contribution in [0.3, 0.4) is 0 Å². The first kappa shape index (κ1) is 21.2. The zero-order valence-corrected chi connectivity index (χ0v) is 17.5. The third-order valence-corrected chi connectivity index (χ3v) is 5.79. The van der Waals surface area contributed by atoms with Crippen molar-refractivity contribution in [3.63, 3.8) is 0 Å². The maximum absolute atomic E-state index is 12.5. The van der Waals surface area contributed by atoms with E-state index in [-0.39, 0.29) is 18.3 Å². The molecule has 1 aliphatic heterocycles. The minimum atomic E-state index is -0.164. The Bertz CT molecular complexity index is 912. The van der Waals surface area contributed by atoms with Crippen molar-refractivity contribution in [3.05, 3.63) is 71.0 Å². The van der Waals surface area contributed by atoms with Gasteiger partial charge in [-0.3, -0.25) is 15.1 Å². The molecule has 8 heteroatoms. The van der Waals surface area contributed by atoms with Crippen LogP contribution < -0.4 is 15.4 Å². The largest absolute Gasteiger partial charge is 0.487 e. The van der Waals surface area contributed by atoms with Crippen LogP contribution in [-0.4, -0.2) is 29.0 Å². The fraction of sp³-hybridized carbons (Fsp3) is 0.286. The van der Waals surface area contributed by atoms with Gasteiger partial charge in [-0.05, 0) is 68.2 Å². The Morgan fingerprint density at radius 1 is 1.14 bits per heavy atom. The molecule has 1 aliphatic rings. The summed E-state index contributed by atoms with van der Waals surface area (Å²) in [7, 11) is 0. The minimum absolute atomic E-state index is 0. The van der Waals surface area contributed by atoms with Crippen LogP contribution in [0.25, 0.3) is 0 Å². The Kier molecular flexibility index (Phi) is 7.57. The zero-order chi connectivity index (χ0) is 19.2. The molecule has 0 bridgehead atoms. The molecule has 0 aliphatic carbocycles. The van der Waals surface area contributed by atoms with Crippen LogP contribution in [0.2, 0.25) is 0 Å². The highest BCUT2D eigenvalue weighted by Crippen LogP contribution is 2.31. The van der Waals surface area contributed by atoms with E-state index in [0.29, 0.717) is 29.0 Å². The molecule has 4 rings (SSSR count). The number of benzene rings is 1. The van der Waals surface area contributed by atoms with E-state index in [1.165, 1.54) is 4.88 Å². The maximum Gasteiger partial charge on any atom is 0.257 e. The number of piperidine rings is 1. The van der Waals surface area contributed by atoms with Gasteiger partial charge < -0.3 is 10.1 Å². The van der Waals surface area contributed by atoms with E-state index in [1.54, 1.807) is 41.8 Å². The maximum atomic E-state index is 12.5. The van der Waals surface area contributed by atoms with Gasteiger partial charge in [0.1, 0.15) is 12.4 Å². The van der Waals surface area contributed by atoms with Crippen molar-refractivity contribution >= 4 is 34.8 Å². The lowest BCUT2D eigenvalue weighted by atomic mass is 9.97. The van der Waals surface area contributed by atoms with Gasteiger partial charge in [0.15, 0.2) is 5.13 Å². The van der Waals surface area contributed by atoms with Gasteiger partial charge >= 0.3 is 0 Å². The van der Waals surface area contributed by atoms with Gasteiger partial charge in [-0.2, -0.15) is 0 Å². The fourth-order valence-corrected chi connectivity index (χ4v) is 4.13. The first-order valence-electron chi connectivity index (χ1n) is 9.38. The molecule has 1 amide bonds. The van der Waals surface area contributed by atoms with E-state index in [0.717, 1.165) is 31.6 Å². The molecule has 0 atom stereocenters. The third-order valence-electron chi connectivity index (χ3n) is 4.71.